The molecule has 2 unspecified atom stereocenters. The molecule has 0 aromatic heterocycles. The van der Waals surface area contributed by atoms with Gasteiger partial charge in [0.1, 0.15) is 17.2 Å². The van der Waals surface area contributed by atoms with Crippen LogP contribution in [0, 0.1) is 0 Å². The second-order valence-electron chi connectivity index (χ2n) is 8.87. The van der Waals surface area contributed by atoms with Gasteiger partial charge >= 0.3 is 6.03 Å². The number of rotatable bonds is 7. The number of aromatic hydroxyl groups is 1. The Hall–Kier alpha value is -3.01. The Bertz CT molecular complexity index is 1030. The summed E-state index contributed by atoms with van der Waals surface area (Å²) in [4.78, 5) is 19.6. The van der Waals surface area contributed by atoms with Gasteiger partial charge in [-0.15, -0.1) is 0 Å². The third-order valence-electron chi connectivity index (χ3n) is 6.83. The number of hydrogen-bond acceptors (Lipinski definition) is 7. The summed E-state index contributed by atoms with van der Waals surface area (Å²) in [5, 5.41) is 21.5. The number of phenols is 1. The van der Waals surface area contributed by atoms with Gasteiger partial charge in [-0.25, -0.2) is 4.79 Å². The van der Waals surface area contributed by atoms with E-state index in [1.807, 2.05) is 19.1 Å². The highest BCUT2D eigenvalue weighted by Crippen LogP contribution is 2.39. The van der Waals surface area contributed by atoms with Gasteiger partial charge in [-0.05, 0) is 37.6 Å². The van der Waals surface area contributed by atoms with Crippen molar-refractivity contribution in [2.75, 3.05) is 58.6 Å². The normalized spacial score (nSPS) is 20.1. The van der Waals surface area contributed by atoms with E-state index in [1.165, 1.54) is 0 Å². The van der Waals surface area contributed by atoms with E-state index in [2.05, 4.69) is 4.90 Å². The minimum atomic E-state index is -0.836. The maximum Gasteiger partial charge on any atom is 0.325 e. The lowest BCUT2D eigenvalue weighted by Crippen LogP contribution is -2.57. The molecule has 2 aromatic rings. The fraction of sp³-hybridized carbons (Fsp3) is 0.500. The molecule has 1 fully saturated rings. The average Bonchev–Trinajstić information content (AvgIpc) is 2.87. The van der Waals surface area contributed by atoms with Crippen molar-refractivity contribution >= 4 is 11.7 Å². The number of carbonyl (C=O) groups is 1. The van der Waals surface area contributed by atoms with E-state index in [9.17, 15) is 15.0 Å². The van der Waals surface area contributed by atoms with Crippen LogP contribution >= 0.6 is 0 Å². The fourth-order valence-corrected chi connectivity index (χ4v) is 4.95. The van der Waals surface area contributed by atoms with E-state index in [0.717, 1.165) is 24.2 Å². The number of urea groups is 1. The highest BCUT2D eigenvalue weighted by molar-refractivity contribution is 5.93. The predicted octanol–water partition coefficient (Wildman–Crippen LogP) is 2.48. The Balaban J connectivity index is 1.71. The van der Waals surface area contributed by atoms with Gasteiger partial charge in [-0.3, -0.25) is 9.80 Å². The molecular formula is C26H35N3O6. The molecule has 9 heteroatoms. The van der Waals surface area contributed by atoms with Crippen LogP contribution in [0.4, 0.5) is 10.5 Å². The van der Waals surface area contributed by atoms with Gasteiger partial charge < -0.3 is 29.3 Å². The molecule has 0 radical (unpaired) electrons. The Morgan fingerprint density at radius 3 is 2.34 bits per heavy atom. The second-order valence-corrected chi connectivity index (χ2v) is 8.87. The van der Waals surface area contributed by atoms with Crippen LogP contribution in [0.15, 0.2) is 36.4 Å². The molecule has 190 valence electrons. The zero-order valence-electron chi connectivity index (χ0n) is 20.6. The molecule has 1 heterocycles. The number of methoxy groups -OCH3 is 2. The highest BCUT2D eigenvalue weighted by Gasteiger charge is 2.39. The van der Waals surface area contributed by atoms with Crippen LogP contribution in [0.25, 0.3) is 0 Å². The number of hydrogen-bond donors (Lipinski definition) is 2. The molecule has 2 N–H and O–H groups in total. The summed E-state index contributed by atoms with van der Waals surface area (Å²) in [5.74, 6) is 1.44. The summed E-state index contributed by atoms with van der Waals surface area (Å²) >= 11 is 0. The summed E-state index contributed by atoms with van der Waals surface area (Å²) < 4.78 is 16.6. The minimum Gasteiger partial charge on any atom is -0.508 e. The van der Waals surface area contributed by atoms with Crippen molar-refractivity contribution in [3.8, 4) is 17.2 Å². The average molecular weight is 486 g/mol. The molecular weight excluding hydrogens is 450 g/mol. The highest BCUT2D eigenvalue weighted by atomic mass is 16.5. The molecule has 2 aromatic carbocycles. The third-order valence-corrected chi connectivity index (χ3v) is 6.83. The van der Waals surface area contributed by atoms with Gasteiger partial charge in [0, 0.05) is 48.9 Å². The van der Waals surface area contributed by atoms with Crippen molar-refractivity contribution in [3.05, 3.63) is 47.5 Å². The predicted molar refractivity (Wildman–Crippen MR) is 132 cm³/mol. The fourth-order valence-electron chi connectivity index (χ4n) is 4.95. The SMILES string of the molecule is CCN(CN1CCOCC1)C(=O)N(c1cccc(O)c1)C1Cc2c(OC)ccc(OC)c2CC1O. The molecule has 2 amide bonds. The summed E-state index contributed by atoms with van der Waals surface area (Å²) in [6, 6.07) is 9.52. The molecule has 2 atom stereocenters. The molecule has 0 saturated carbocycles. The summed E-state index contributed by atoms with van der Waals surface area (Å²) in [6.07, 6.45) is -0.136. The number of ether oxygens (including phenoxy) is 3. The number of nitrogens with zero attached hydrogens (tertiary/aromatic N) is 3. The summed E-state index contributed by atoms with van der Waals surface area (Å²) in [7, 11) is 3.22. The van der Waals surface area contributed by atoms with Gasteiger partial charge in [0.15, 0.2) is 0 Å². The topological polar surface area (TPSA) is 94.9 Å². The lowest BCUT2D eigenvalue weighted by atomic mass is 9.84. The number of amides is 2. The van der Waals surface area contributed by atoms with Crippen molar-refractivity contribution in [2.24, 2.45) is 0 Å². The van der Waals surface area contributed by atoms with Crippen LogP contribution in [0.5, 0.6) is 17.2 Å². The zero-order chi connectivity index (χ0) is 24.9. The number of aliphatic hydroxyl groups excluding tert-OH is 1. The minimum absolute atomic E-state index is 0.0569. The van der Waals surface area contributed by atoms with Crippen LogP contribution in [0.1, 0.15) is 18.1 Å². The van der Waals surface area contributed by atoms with Crippen LogP contribution in [-0.2, 0) is 17.6 Å². The molecule has 2 aliphatic rings. The Labute approximate surface area is 206 Å². The molecule has 0 spiro atoms. The number of fused-ring (bicyclic) bond motifs is 1. The quantitative estimate of drug-likeness (QED) is 0.622. The smallest absolute Gasteiger partial charge is 0.325 e. The lowest BCUT2D eigenvalue weighted by Gasteiger charge is -2.42. The van der Waals surface area contributed by atoms with Crippen molar-refractivity contribution in [3.63, 3.8) is 0 Å². The number of benzene rings is 2. The third kappa shape index (κ3) is 5.32. The summed E-state index contributed by atoms with van der Waals surface area (Å²) in [5.41, 5.74) is 2.33. The van der Waals surface area contributed by atoms with E-state index in [0.29, 0.717) is 56.5 Å². The standard InChI is InChI=1S/C26H35N3O6/c1-4-28(17-27-10-12-35-13-11-27)26(32)29(18-6-5-7-19(30)14-18)22-15-20-21(16-23(22)31)25(34-3)9-8-24(20)33-2/h5-9,14,22-23,30-31H,4,10-13,15-17H2,1-3H3. The van der Waals surface area contributed by atoms with E-state index in [-0.39, 0.29) is 11.8 Å². The molecule has 9 nitrogen and oxygen atoms in total. The van der Waals surface area contributed by atoms with Gasteiger partial charge in [0.2, 0.25) is 0 Å². The van der Waals surface area contributed by atoms with Crippen molar-refractivity contribution in [1.29, 1.82) is 0 Å². The molecule has 1 aliphatic heterocycles. The van der Waals surface area contributed by atoms with E-state index in [1.54, 1.807) is 48.3 Å². The van der Waals surface area contributed by atoms with Gasteiger partial charge in [-0.1, -0.05) is 6.07 Å². The van der Waals surface area contributed by atoms with Crippen molar-refractivity contribution < 1.29 is 29.2 Å². The molecule has 0 bridgehead atoms. The first kappa shape index (κ1) is 25.1. The Morgan fingerprint density at radius 1 is 1.09 bits per heavy atom. The first-order valence-electron chi connectivity index (χ1n) is 12.0. The number of phenolic OH excluding ortho intramolecular Hbond substituents is 1. The van der Waals surface area contributed by atoms with E-state index < -0.39 is 12.1 Å². The molecule has 35 heavy (non-hydrogen) atoms. The largest absolute Gasteiger partial charge is 0.508 e. The number of anilines is 1. The zero-order valence-corrected chi connectivity index (χ0v) is 20.6. The van der Waals surface area contributed by atoms with Crippen LogP contribution in [0.3, 0.4) is 0 Å². The molecule has 1 saturated heterocycles. The number of morpholine rings is 1. The lowest BCUT2D eigenvalue weighted by molar-refractivity contribution is 0.0176. The summed E-state index contributed by atoms with van der Waals surface area (Å²) in [6.45, 7) is 5.70. The first-order chi connectivity index (χ1) is 17.0. The van der Waals surface area contributed by atoms with Crippen LogP contribution in [-0.4, -0.2) is 91.9 Å². The van der Waals surface area contributed by atoms with E-state index >= 15 is 0 Å². The first-order valence-corrected chi connectivity index (χ1v) is 12.0. The molecule has 1 aliphatic carbocycles. The van der Waals surface area contributed by atoms with Gasteiger partial charge in [0.05, 0.1) is 46.2 Å². The molecule has 4 rings (SSSR count). The van der Waals surface area contributed by atoms with Crippen LogP contribution in [0.2, 0.25) is 0 Å². The Morgan fingerprint density at radius 2 is 1.74 bits per heavy atom. The Kier molecular flexibility index (Phi) is 8.00. The van der Waals surface area contributed by atoms with Gasteiger partial charge in [0.25, 0.3) is 0 Å². The van der Waals surface area contributed by atoms with Crippen LogP contribution < -0.4 is 14.4 Å². The monoisotopic (exact) mass is 485 g/mol. The maximum absolute atomic E-state index is 14.0. The van der Waals surface area contributed by atoms with Gasteiger partial charge in [-0.2, -0.15) is 0 Å². The van der Waals surface area contributed by atoms with Crippen molar-refractivity contribution in [2.45, 2.75) is 31.9 Å². The number of carbonyl (C=O) groups excluding carboxylic acids is 1. The van der Waals surface area contributed by atoms with Crippen molar-refractivity contribution in [1.82, 2.24) is 9.80 Å². The second kappa shape index (κ2) is 11.2. The number of aliphatic hydroxyl groups is 1. The maximum atomic E-state index is 14.0. The van der Waals surface area contributed by atoms with E-state index in [4.69, 9.17) is 14.2 Å².